The molecular weight excluding hydrogens is 270 g/mol. The number of rotatable bonds is 6. The second kappa shape index (κ2) is 7.79. The van der Waals surface area contributed by atoms with Gasteiger partial charge in [-0.1, -0.05) is 12.5 Å². The van der Waals surface area contributed by atoms with Crippen LogP contribution in [0.15, 0.2) is 18.2 Å². The van der Waals surface area contributed by atoms with Gasteiger partial charge in [0.1, 0.15) is 0 Å². The third-order valence-electron chi connectivity index (χ3n) is 3.83. The fourth-order valence-corrected chi connectivity index (χ4v) is 3.77. The van der Waals surface area contributed by atoms with Gasteiger partial charge in [0, 0.05) is 17.8 Å². The second-order valence-electron chi connectivity index (χ2n) is 5.23. The minimum atomic E-state index is 0.331. The fraction of sp³-hybridized carbons (Fsp3) is 0.625. The minimum Gasteiger partial charge on any atom is -0.493 e. The molecule has 0 radical (unpaired) electrons. The topological polar surface area (TPSA) is 30.5 Å². The van der Waals surface area contributed by atoms with Crippen molar-refractivity contribution in [3.63, 3.8) is 0 Å². The summed E-state index contributed by atoms with van der Waals surface area (Å²) in [5.74, 6) is 2.90. The SMILES string of the molecule is COc1ccc(C(C)NCC2CCCCS2)cc1OC. The van der Waals surface area contributed by atoms with Crippen LogP contribution in [0.3, 0.4) is 0 Å². The molecule has 1 aliphatic rings. The first-order chi connectivity index (χ1) is 9.74. The Morgan fingerprint density at radius 2 is 2.05 bits per heavy atom. The normalized spacial score (nSPS) is 20.4. The van der Waals surface area contributed by atoms with Crippen molar-refractivity contribution >= 4 is 11.8 Å². The maximum absolute atomic E-state index is 5.36. The highest BCUT2D eigenvalue weighted by Gasteiger charge is 2.16. The molecule has 1 N–H and O–H groups in total. The molecule has 2 unspecified atom stereocenters. The van der Waals surface area contributed by atoms with E-state index in [0.717, 1.165) is 23.3 Å². The molecule has 1 aromatic rings. The van der Waals surface area contributed by atoms with E-state index < -0.39 is 0 Å². The first-order valence-corrected chi connectivity index (χ1v) is 8.36. The molecule has 1 aromatic carbocycles. The van der Waals surface area contributed by atoms with E-state index in [-0.39, 0.29) is 0 Å². The zero-order valence-corrected chi connectivity index (χ0v) is 13.5. The van der Waals surface area contributed by atoms with Crippen LogP contribution in [0.5, 0.6) is 11.5 Å². The molecule has 0 amide bonds. The Kier molecular flexibility index (Phi) is 6.05. The Balaban J connectivity index is 1.92. The third kappa shape index (κ3) is 4.06. The number of hydrogen-bond acceptors (Lipinski definition) is 4. The summed E-state index contributed by atoms with van der Waals surface area (Å²) in [5.41, 5.74) is 1.24. The van der Waals surface area contributed by atoms with Crippen LogP contribution in [-0.4, -0.2) is 31.8 Å². The number of thioether (sulfide) groups is 1. The standard InChI is InChI=1S/C16H25NO2S/c1-12(17-11-14-6-4-5-9-20-14)13-7-8-15(18-2)16(10-13)19-3/h7-8,10,12,14,17H,4-6,9,11H2,1-3H3. The van der Waals surface area contributed by atoms with Gasteiger partial charge >= 0.3 is 0 Å². The Morgan fingerprint density at radius 1 is 1.25 bits per heavy atom. The van der Waals surface area contributed by atoms with Gasteiger partial charge in [0.25, 0.3) is 0 Å². The summed E-state index contributed by atoms with van der Waals surface area (Å²) in [6, 6.07) is 6.47. The van der Waals surface area contributed by atoms with Crippen molar-refractivity contribution in [1.82, 2.24) is 5.32 Å². The maximum Gasteiger partial charge on any atom is 0.161 e. The summed E-state index contributed by atoms with van der Waals surface area (Å²) in [5, 5.41) is 4.41. The monoisotopic (exact) mass is 295 g/mol. The van der Waals surface area contributed by atoms with Gasteiger partial charge < -0.3 is 14.8 Å². The highest BCUT2D eigenvalue weighted by molar-refractivity contribution is 7.99. The minimum absolute atomic E-state index is 0.331. The van der Waals surface area contributed by atoms with Gasteiger partial charge in [-0.2, -0.15) is 11.8 Å². The molecule has 112 valence electrons. The van der Waals surface area contributed by atoms with Crippen molar-refractivity contribution in [1.29, 1.82) is 0 Å². The van der Waals surface area contributed by atoms with Crippen molar-refractivity contribution in [2.75, 3.05) is 26.5 Å². The summed E-state index contributed by atoms with van der Waals surface area (Å²) in [7, 11) is 3.35. The molecule has 4 heteroatoms. The number of benzene rings is 1. The van der Waals surface area contributed by atoms with Crippen LogP contribution in [0.1, 0.15) is 37.8 Å². The number of methoxy groups -OCH3 is 2. The largest absolute Gasteiger partial charge is 0.493 e. The lowest BCUT2D eigenvalue weighted by Gasteiger charge is -2.24. The van der Waals surface area contributed by atoms with E-state index in [1.165, 1.54) is 30.6 Å². The van der Waals surface area contributed by atoms with E-state index in [1.54, 1.807) is 14.2 Å². The van der Waals surface area contributed by atoms with E-state index in [4.69, 9.17) is 9.47 Å². The Labute approximate surface area is 126 Å². The van der Waals surface area contributed by atoms with Crippen molar-refractivity contribution in [2.24, 2.45) is 0 Å². The van der Waals surface area contributed by atoms with Gasteiger partial charge in [-0.05, 0) is 43.2 Å². The van der Waals surface area contributed by atoms with Crippen LogP contribution >= 0.6 is 11.8 Å². The van der Waals surface area contributed by atoms with E-state index in [9.17, 15) is 0 Å². The lowest BCUT2D eigenvalue weighted by atomic mass is 10.1. The molecule has 0 aliphatic carbocycles. The summed E-state index contributed by atoms with van der Waals surface area (Å²) in [6.07, 6.45) is 4.10. The van der Waals surface area contributed by atoms with E-state index in [2.05, 4.69) is 36.1 Å². The fourth-order valence-electron chi connectivity index (χ4n) is 2.52. The molecule has 0 bridgehead atoms. The molecule has 0 saturated carbocycles. The van der Waals surface area contributed by atoms with Crippen molar-refractivity contribution in [3.8, 4) is 11.5 Å². The van der Waals surface area contributed by atoms with Crippen LogP contribution in [0, 0.1) is 0 Å². The second-order valence-corrected chi connectivity index (χ2v) is 6.64. The number of hydrogen-bond donors (Lipinski definition) is 1. The van der Waals surface area contributed by atoms with Crippen LogP contribution < -0.4 is 14.8 Å². The first-order valence-electron chi connectivity index (χ1n) is 7.31. The van der Waals surface area contributed by atoms with Crippen LogP contribution in [0.2, 0.25) is 0 Å². The van der Waals surface area contributed by atoms with Crippen molar-refractivity contribution in [2.45, 2.75) is 37.5 Å². The molecule has 1 saturated heterocycles. The maximum atomic E-state index is 5.36. The molecule has 1 aliphatic heterocycles. The van der Waals surface area contributed by atoms with E-state index in [0.29, 0.717) is 6.04 Å². The van der Waals surface area contributed by atoms with Gasteiger partial charge in [-0.3, -0.25) is 0 Å². The van der Waals surface area contributed by atoms with Gasteiger partial charge in [0.05, 0.1) is 14.2 Å². The molecule has 20 heavy (non-hydrogen) atoms. The average molecular weight is 295 g/mol. The van der Waals surface area contributed by atoms with Gasteiger partial charge in [-0.25, -0.2) is 0 Å². The first kappa shape index (κ1) is 15.5. The number of ether oxygens (including phenoxy) is 2. The van der Waals surface area contributed by atoms with Crippen molar-refractivity contribution in [3.05, 3.63) is 23.8 Å². The molecule has 3 nitrogen and oxygen atoms in total. The van der Waals surface area contributed by atoms with Crippen LogP contribution in [0.25, 0.3) is 0 Å². The highest BCUT2D eigenvalue weighted by Crippen LogP contribution is 2.30. The predicted molar refractivity (Wildman–Crippen MR) is 86.1 cm³/mol. The third-order valence-corrected chi connectivity index (χ3v) is 5.23. The number of nitrogens with one attached hydrogen (secondary N) is 1. The molecule has 2 rings (SSSR count). The smallest absolute Gasteiger partial charge is 0.161 e. The Bertz CT molecular complexity index is 419. The van der Waals surface area contributed by atoms with Crippen LogP contribution in [0.4, 0.5) is 0 Å². The van der Waals surface area contributed by atoms with Crippen LogP contribution in [-0.2, 0) is 0 Å². The molecule has 2 atom stereocenters. The van der Waals surface area contributed by atoms with Gasteiger partial charge in [0.2, 0.25) is 0 Å². The molecule has 1 heterocycles. The Hall–Kier alpha value is -0.870. The molecule has 0 aromatic heterocycles. The summed E-state index contributed by atoms with van der Waals surface area (Å²) in [4.78, 5) is 0. The van der Waals surface area contributed by atoms with Gasteiger partial charge in [0.15, 0.2) is 11.5 Å². The molecule has 1 fully saturated rings. The quantitative estimate of drug-likeness (QED) is 0.868. The summed E-state index contributed by atoms with van der Waals surface area (Å²) < 4.78 is 10.6. The lowest BCUT2D eigenvalue weighted by molar-refractivity contribution is 0.354. The lowest BCUT2D eigenvalue weighted by Crippen LogP contribution is -2.29. The molecule has 0 spiro atoms. The zero-order chi connectivity index (χ0) is 14.4. The average Bonchev–Trinajstić information content (AvgIpc) is 2.52. The van der Waals surface area contributed by atoms with E-state index in [1.807, 2.05) is 6.07 Å². The highest BCUT2D eigenvalue weighted by atomic mass is 32.2. The zero-order valence-electron chi connectivity index (χ0n) is 12.6. The Morgan fingerprint density at radius 3 is 2.70 bits per heavy atom. The predicted octanol–water partition coefficient (Wildman–Crippen LogP) is 3.64. The summed E-state index contributed by atoms with van der Waals surface area (Å²) in [6.45, 7) is 3.29. The molecular formula is C16H25NO2S. The van der Waals surface area contributed by atoms with E-state index >= 15 is 0 Å². The summed E-state index contributed by atoms with van der Waals surface area (Å²) >= 11 is 2.11. The van der Waals surface area contributed by atoms with Gasteiger partial charge in [-0.15, -0.1) is 0 Å². The van der Waals surface area contributed by atoms with Crippen molar-refractivity contribution < 1.29 is 9.47 Å².